The van der Waals surface area contributed by atoms with Gasteiger partial charge >= 0.3 is 0 Å². The van der Waals surface area contributed by atoms with Crippen molar-refractivity contribution in [3.8, 4) is 5.75 Å². The van der Waals surface area contributed by atoms with Gasteiger partial charge in [-0.05, 0) is 19.1 Å². The van der Waals surface area contributed by atoms with Gasteiger partial charge in [0.15, 0.2) is 5.82 Å². The number of aryl methyl sites for hydroxylation is 1. The highest BCUT2D eigenvalue weighted by atomic mass is 16.5. The molecule has 3 N–H and O–H groups in total. The van der Waals surface area contributed by atoms with Crippen molar-refractivity contribution in [3.05, 3.63) is 53.6 Å². The molecule has 0 spiro atoms. The molecule has 2 rings (SSSR count). The van der Waals surface area contributed by atoms with Gasteiger partial charge in [0.25, 0.3) is 0 Å². The van der Waals surface area contributed by atoms with Crippen LogP contribution in [0.2, 0.25) is 0 Å². The molecule has 0 amide bonds. The van der Waals surface area contributed by atoms with Crippen LogP contribution < -0.4 is 10.5 Å². The van der Waals surface area contributed by atoms with Gasteiger partial charge in [0.2, 0.25) is 0 Å². The van der Waals surface area contributed by atoms with Crippen LogP contribution in [0.1, 0.15) is 29.0 Å². The molecule has 1 aromatic carbocycles. The normalized spacial score (nSPS) is 13.8. The van der Waals surface area contributed by atoms with Crippen LogP contribution in [0.5, 0.6) is 5.75 Å². The summed E-state index contributed by atoms with van der Waals surface area (Å²) in [6.45, 7) is 2.27. The van der Waals surface area contributed by atoms with Gasteiger partial charge in [-0.25, -0.2) is 9.97 Å². The second-order valence-corrected chi connectivity index (χ2v) is 4.64. The molecule has 5 nitrogen and oxygen atoms in total. The number of benzene rings is 1. The van der Waals surface area contributed by atoms with E-state index in [1.165, 1.54) is 0 Å². The number of aliphatic hydroxyl groups is 1. The summed E-state index contributed by atoms with van der Waals surface area (Å²) in [6.07, 6.45) is 2.34. The lowest BCUT2D eigenvalue weighted by Crippen LogP contribution is -2.22. The third-order valence-corrected chi connectivity index (χ3v) is 3.27. The van der Waals surface area contributed by atoms with E-state index in [4.69, 9.17) is 10.5 Å². The quantitative estimate of drug-likeness (QED) is 0.864. The fraction of sp³-hybridized carbons (Fsp3) is 0.333. The standard InChI is InChI=1S/C15H19N3O2/c1-10-4-5-13(20-2)11(8-10)12(9-16)14(19)15-17-6-3-7-18-15/h3-8,12,14,19H,9,16H2,1-2H3. The maximum Gasteiger partial charge on any atom is 0.157 e. The van der Waals surface area contributed by atoms with Gasteiger partial charge in [0.1, 0.15) is 11.9 Å². The van der Waals surface area contributed by atoms with Crippen LogP contribution in [0, 0.1) is 6.92 Å². The number of methoxy groups -OCH3 is 1. The van der Waals surface area contributed by atoms with E-state index in [1.54, 1.807) is 25.6 Å². The Bertz CT molecular complexity index is 560. The first-order chi connectivity index (χ1) is 9.67. The zero-order valence-electron chi connectivity index (χ0n) is 11.7. The number of hydrogen-bond acceptors (Lipinski definition) is 5. The zero-order valence-corrected chi connectivity index (χ0v) is 11.7. The Hall–Kier alpha value is -1.98. The van der Waals surface area contributed by atoms with Crippen molar-refractivity contribution in [3.63, 3.8) is 0 Å². The number of nitrogens with two attached hydrogens (primary N) is 1. The monoisotopic (exact) mass is 273 g/mol. The van der Waals surface area contributed by atoms with Gasteiger partial charge in [-0.2, -0.15) is 0 Å². The molecule has 106 valence electrons. The number of aromatic nitrogens is 2. The van der Waals surface area contributed by atoms with E-state index in [9.17, 15) is 5.11 Å². The van der Waals surface area contributed by atoms with Gasteiger partial charge in [-0.1, -0.05) is 17.7 Å². The molecular formula is C15H19N3O2. The number of hydrogen-bond donors (Lipinski definition) is 2. The summed E-state index contributed by atoms with van der Waals surface area (Å²) in [4.78, 5) is 8.19. The van der Waals surface area contributed by atoms with Crippen molar-refractivity contribution in [1.82, 2.24) is 9.97 Å². The fourth-order valence-electron chi connectivity index (χ4n) is 2.21. The van der Waals surface area contributed by atoms with E-state index in [0.29, 0.717) is 11.6 Å². The van der Waals surface area contributed by atoms with Crippen molar-refractivity contribution in [2.24, 2.45) is 5.73 Å². The third-order valence-electron chi connectivity index (χ3n) is 3.27. The molecule has 1 heterocycles. The molecule has 0 saturated carbocycles. The summed E-state index contributed by atoms with van der Waals surface area (Å²) in [5.74, 6) is 0.764. The van der Waals surface area contributed by atoms with Crippen molar-refractivity contribution >= 4 is 0 Å². The van der Waals surface area contributed by atoms with E-state index < -0.39 is 6.10 Å². The van der Waals surface area contributed by atoms with E-state index in [0.717, 1.165) is 11.1 Å². The molecule has 0 aliphatic heterocycles. The number of ether oxygens (including phenoxy) is 1. The second kappa shape index (κ2) is 6.45. The summed E-state index contributed by atoms with van der Waals surface area (Å²) in [5, 5.41) is 10.5. The second-order valence-electron chi connectivity index (χ2n) is 4.64. The maximum atomic E-state index is 10.5. The summed E-state index contributed by atoms with van der Waals surface area (Å²) in [5.41, 5.74) is 7.80. The van der Waals surface area contributed by atoms with Crippen LogP contribution in [0.15, 0.2) is 36.7 Å². The van der Waals surface area contributed by atoms with Crippen molar-refractivity contribution < 1.29 is 9.84 Å². The topological polar surface area (TPSA) is 81.3 Å². The van der Waals surface area contributed by atoms with Crippen LogP contribution in [-0.2, 0) is 0 Å². The Balaban J connectivity index is 2.40. The predicted molar refractivity (Wildman–Crippen MR) is 76.5 cm³/mol. The van der Waals surface area contributed by atoms with Gasteiger partial charge in [0.05, 0.1) is 7.11 Å². The molecule has 0 aliphatic rings. The van der Waals surface area contributed by atoms with Crippen LogP contribution >= 0.6 is 0 Å². The first kappa shape index (κ1) is 14.4. The van der Waals surface area contributed by atoms with E-state index in [1.807, 2.05) is 25.1 Å². The Morgan fingerprint density at radius 1 is 1.30 bits per heavy atom. The van der Waals surface area contributed by atoms with Crippen LogP contribution in [0.4, 0.5) is 0 Å². The van der Waals surface area contributed by atoms with Gasteiger partial charge in [-0.15, -0.1) is 0 Å². The molecule has 1 aromatic heterocycles. The largest absolute Gasteiger partial charge is 0.496 e. The van der Waals surface area contributed by atoms with Gasteiger partial charge in [-0.3, -0.25) is 0 Å². The molecule has 2 unspecified atom stereocenters. The highest BCUT2D eigenvalue weighted by Crippen LogP contribution is 2.34. The molecule has 0 fully saturated rings. The molecule has 2 aromatic rings. The molecule has 0 bridgehead atoms. The molecule has 0 radical (unpaired) electrons. The lowest BCUT2D eigenvalue weighted by molar-refractivity contribution is 0.136. The maximum absolute atomic E-state index is 10.5. The summed E-state index contributed by atoms with van der Waals surface area (Å²) in [6, 6.07) is 7.52. The minimum atomic E-state index is -0.864. The number of aliphatic hydroxyl groups excluding tert-OH is 1. The summed E-state index contributed by atoms with van der Waals surface area (Å²) >= 11 is 0. The molecule has 5 heteroatoms. The van der Waals surface area contributed by atoms with Gasteiger partial charge < -0.3 is 15.6 Å². The van der Waals surface area contributed by atoms with E-state index in [2.05, 4.69) is 9.97 Å². The molecule has 0 saturated heterocycles. The van der Waals surface area contributed by atoms with Crippen molar-refractivity contribution in [1.29, 1.82) is 0 Å². The Morgan fingerprint density at radius 3 is 2.60 bits per heavy atom. The van der Waals surface area contributed by atoms with E-state index >= 15 is 0 Å². The zero-order chi connectivity index (χ0) is 14.5. The highest BCUT2D eigenvalue weighted by Gasteiger charge is 2.26. The van der Waals surface area contributed by atoms with Crippen LogP contribution in [-0.4, -0.2) is 28.7 Å². The average Bonchev–Trinajstić information content (AvgIpc) is 2.49. The lowest BCUT2D eigenvalue weighted by atomic mass is 9.91. The minimum Gasteiger partial charge on any atom is -0.496 e. The fourth-order valence-corrected chi connectivity index (χ4v) is 2.21. The Labute approximate surface area is 118 Å². The van der Waals surface area contributed by atoms with Gasteiger partial charge in [0, 0.05) is 30.4 Å². The van der Waals surface area contributed by atoms with Crippen LogP contribution in [0.3, 0.4) is 0 Å². The summed E-state index contributed by atoms with van der Waals surface area (Å²) < 4.78 is 5.36. The lowest BCUT2D eigenvalue weighted by Gasteiger charge is -2.23. The molecule has 2 atom stereocenters. The summed E-state index contributed by atoms with van der Waals surface area (Å²) in [7, 11) is 1.60. The van der Waals surface area contributed by atoms with E-state index in [-0.39, 0.29) is 12.5 Å². The van der Waals surface area contributed by atoms with Crippen LogP contribution in [0.25, 0.3) is 0 Å². The molecule has 20 heavy (non-hydrogen) atoms. The SMILES string of the molecule is COc1ccc(C)cc1C(CN)C(O)c1ncccn1. The number of nitrogens with zero attached hydrogens (tertiary/aromatic N) is 2. The predicted octanol–water partition coefficient (Wildman–Crippen LogP) is 1.57. The van der Waals surface area contributed by atoms with Crippen molar-refractivity contribution in [2.45, 2.75) is 18.9 Å². The Kier molecular flexibility index (Phi) is 4.65. The molecule has 0 aliphatic carbocycles. The molecular weight excluding hydrogens is 254 g/mol. The average molecular weight is 273 g/mol. The Morgan fingerprint density at radius 2 is 2.00 bits per heavy atom. The number of rotatable bonds is 5. The highest BCUT2D eigenvalue weighted by molar-refractivity contribution is 5.40. The first-order valence-corrected chi connectivity index (χ1v) is 6.47. The third kappa shape index (κ3) is 2.95. The smallest absolute Gasteiger partial charge is 0.157 e. The minimum absolute atomic E-state index is 0.277. The van der Waals surface area contributed by atoms with Crippen molar-refractivity contribution in [2.75, 3.05) is 13.7 Å². The first-order valence-electron chi connectivity index (χ1n) is 6.47.